The molecule has 0 fully saturated rings. The predicted octanol–water partition coefficient (Wildman–Crippen LogP) is 2.40. The summed E-state index contributed by atoms with van der Waals surface area (Å²) < 4.78 is 1.07. The van der Waals surface area contributed by atoms with Crippen LogP contribution in [0.25, 0.3) is 0 Å². The van der Waals surface area contributed by atoms with Crippen molar-refractivity contribution in [3.63, 3.8) is 0 Å². The van der Waals surface area contributed by atoms with Gasteiger partial charge in [0, 0.05) is 27.7 Å². The molecule has 0 aliphatic heterocycles. The Kier molecular flexibility index (Phi) is 4.13. The number of thiophene rings is 1. The lowest BCUT2D eigenvalue weighted by Crippen LogP contribution is -2.44. The van der Waals surface area contributed by atoms with Gasteiger partial charge >= 0.3 is 0 Å². The molecule has 4 heteroatoms. The van der Waals surface area contributed by atoms with E-state index in [1.165, 1.54) is 4.88 Å². The first-order valence-corrected chi connectivity index (χ1v) is 6.30. The van der Waals surface area contributed by atoms with Crippen LogP contribution in [0.15, 0.2) is 15.9 Å². The van der Waals surface area contributed by atoms with Gasteiger partial charge in [-0.25, -0.2) is 0 Å². The Morgan fingerprint density at radius 1 is 1.64 bits per heavy atom. The van der Waals surface area contributed by atoms with Gasteiger partial charge in [0.2, 0.25) is 0 Å². The molecule has 0 saturated heterocycles. The van der Waals surface area contributed by atoms with Crippen molar-refractivity contribution in [2.75, 3.05) is 6.54 Å². The van der Waals surface area contributed by atoms with E-state index in [9.17, 15) is 5.11 Å². The minimum Gasteiger partial charge on any atom is -0.388 e. The van der Waals surface area contributed by atoms with Crippen molar-refractivity contribution in [3.8, 4) is 0 Å². The number of halogens is 1. The quantitative estimate of drug-likeness (QED) is 0.888. The van der Waals surface area contributed by atoms with Crippen molar-refractivity contribution >= 4 is 27.3 Å². The van der Waals surface area contributed by atoms with E-state index in [1.807, 2.05) is 25.3 Å². The second kappa shape index (κ2) is 4.75. The van der Waals surface area contributed by atoms with Gasteiger partial charge in [0.05, 0.1) is 5.60 Å². The topological polar surface area (TPSA) is 46.2 Å². The lowest BCUT2D eigenvalue weighted by atomic mass is 9.87. The van der Waals surface area contributed by atoms with Crippen molar-refractivity contribution in [1.29, 1.82) is 0 Å². The van der Waals surface area contributed by atoms with Gasteiger partial charge in [0.25, 0.3) is 0 Å². The first-order chi connectivity index (χ1) is 6.48. The molecule has 1 heterocycles. The Balaban J connectivity index is 2.75. The Hall–Kier alpha value is 0.1000. The van der Waals surface area contributed by atoms with Crippen LogP contribution in [0.3, 0.4) is 0 Å². The van der Waals surface area contributed by atoms with Gasteiger partial charge in [-0.05, 0) is 27.9 Å². The van der Waals surface area contributed by atoms with Crippen LogP contribution in [-0.4, -0.2) is 17.3 Å². The third kappa shape index (κ3) is 2.79. The summed E-state index contributed by atoms with van der Waals surface area (Å²) in [5.41, 5.74) is 4.83. The van der Waals surface area contributed by atoms with E-state index in [1.54, 1.807) is 11.3 Å². The van der Waals surface area contributed by atoms with Gasteiger partial charge in [0.15, 0.2) is 0 Å². The Morgan fingerprint density at radius 2 is 2.29 bits per heavy atom. The first kappa shape index (κ1) is 12.2. The van der Waals surface area contributed by atoms with Gasteiger partial charge in [-0.1, -0.05) is 13.8 Å². The van der Waals surface area contributed by atoms with E-state index in [4.69, 9.17) is 5.73 Å². The van der Waals surface area contributed by atoms with Gasteiger partial charge in [-0.2, -0.15) is 0 Å². The fourth-order valence-electron chi connectivity index (χ4n) is 1.26. The molecule has 0 bridgehead atoms. The zero-order valence-corrected chi connectivity index (χ0v) is 10.9. The summed E-state index contributed by atoms with van der Waals surface area (Å²) in [6, 6.07) is 2.04. The largest absolute Gasteiger partial charge is 0.388 e. The molecular weight excluding hydrogens is 262 g/mol. The van der Waals surface area contributed by atoms with Crippen molar-refractivity contribution in [1.82, 2.24) is 0 Å². The van der Waals surface area contributed by atoms with Crippen LogP contribution in [0.5, 0.6) is 0 Å². The lowest BCUT2D eigenvalue weighted by molar-refractivity contribution is 0.00478. The lowest BCUT2D eigenvalue weighted by Gasteiger charge is -2.30. The molecule has 1 rings (SSSR count). The number of hydrogen-bond donors (Lipinski definition) is 2. The van der Waals surface area contributed by atoms with E-state index in [0.717, 1.165) is 4.47 Å². The molecule has 0 aromatic carbocycles. The van der Waals surface area contributed by atoms with E-state index in [-0.39, 0.29) is 5.92 Å². The maximum Gasteiger partial charge on any atom is 0.0840 e. The van der Waals surface area contributed by atoms with Crippen molar-refractivity contribution in [3.05, 3.63) is 20.8 Å². The van der Waals surface area contributed by atoms with E-state index >= 15 is 0 Å². The molecule has 0 aliphatic carbocycles. The number of nitrogens with two attached hydrogens (primary N) is 1. The first-order valence-electron chi connectivity index (χ1n) is 4.63. The van der Waals surface area contributed by atoms with Crippen LogP contribution in [-0.2, 0) is 6.42 Å². The summed E-state index contributed by atoms with van der Waals surface area (Å²) >= 11 is 5.04. The van der Waals surface area contributed by atoms with Crippen LogP contribution >= 0.6 is 27.3 Å². The van der Waals surface area contributed by atoms with E-state index in [2.05, 4.69) is 15.9 Å². The third-order valence-corrected chi connectivity index (χ3v) is 4.23. The van der Waals surface area contributed by atoms with Crippen LogP contribution in [0, 0.1) is 5.92 Å². The summed E-state index contributed by atoms with van der Waals surface area (Å²) in [6.07, 6.45) is 0.636. The van der Waals surface area contributed by atoms with E-state index < -0.39 is 5.60 Å². The zero-order chi connectivity index (χ0) is 10.8. The van der Waals surface area contributed by atoms with Crippen molar-refractivity contribution < 1.29 is 5.11 Å². The smallest absolute Gasteiger partial charge is 0.0840 e. The molecule has 1 aromatic rings. The molecule has 0 spiro atoms. The summed E-state index contributed by atoms with van der Waals surface area (Å²) in [5.74, 6) is 0.174. The van der Waals surface area contributed by atoms with Gasteiger partial charge in [-0.3, -0.25) is 0 Å². The number of rotatable bonds is 4. The molecule has 0 saturated carbocycles. The molecule has 2 nitrogen and oxygen atoms in total. The monoisotopic (exact) mass is 277 g/mol. The third-order valence-electron chi connectivity index (χ3n) is 2.53. The molecule has 1 aromatic heterocycles. The van der Waals surface area contributed by atoms with Gasteiger partial charge < -0.3 is 10.8 Å². The van der Waals surface area contributed by atoms with Crippen LogP contribution in [0.2, 0.25) is 0 Å². The second-order valence-electron chi connectivity index (χ2n) is 3.87. The number of aliphatic hydroxyl groups is 1. The summed E-state index contributed by atoms with van der Waals surface area (Å²) in [5, 5.41) is 12.2. The van der Waals surface area contributed by atoms with Crippen LogP contribution in [0.1, 0.15) is 18.7 Å². The molecule has 3 N–H and O–H groups in total. The minimum absolute atomic E-state index is 0.174. The molecule has 80 valence electrons. The molecule has 0 amide bonds. The number of hydrogen-bond acceptors (Lipinski definition) is 3. The van der Waals surface area contributed by atoms with Crippen molar-refractivity contribution in [2.24, 2.45) is 11.7 Å². The predicted molar refractivity (Wildman–Crippen MR) is 64.6 cm³/mol. The maximum atomic E-state index is 10.2. The highest BCUT2D eigenvalue weighted by Crippen LogP contribution is 2.27. The molecule has 1 atom stereocenters. The summed E-state index contributed by atoms with van der Waals surface area (Å²) in [6.45, 7) is 4.30. The van der Waals surface area contributed by atoms with Gasteiger partial charge in [-0.15, -0.1) is 11.3 Å². The standard InChI is InChI=1S/C10H16BrNOS/c1-7(2)10(13,6-12)4-9-3-8(11)5-14-9/h3,5,7,13H,4,6,12H2,1-2H3. The second-order valence-corrected chi connectivity index (χ2v) is 5.78. The van der Waals surface area contributed by atoms with Crippen LogP contribution < -0.4 is 5.73 Å². The Morgan fingerprint density at radius 3 is 2.64 bits per heavy atom. The molecular formula is C10H16BrNOS. The minimum atomic E-state index is -0.774. The van der Waals surface area contributed by atoms with Crippen LogP contribution in [0.4, 0.5) is 0 Å². The van der Waals surface area contributed by atoms with E-state index in [0.29, 0.717) is 13.0 Å². The highest BCUT2D eigenvalue weighted by molar-refractivity contribution is 9.10. The molecule has 1 unspecified atom stereocenters. The Labute approximate surface area is 97.3 Å². The summed E-state index contributed by atoms with van der Waals surface area (Å²) in [7, 11) is 0. The fraction of sp³-hybridized carbons (Fsp3) is 0.600. The fourth-order valence-corrected chi connectivity index (χ4v) is 2.83. The Bertz CT molecular complexity index is 300. The zero-order valence-electron chi connectivity index (χ0n) is 8.46. The van der Waals surface area contributed by atoms with Gasteiger partial charge in [0.1, 0.15) is 0 Å². The highest BCUT2D eigenvalue weighted by atomic mass is 79.9. The maximum absolute atomic E-state index is 10.2. The average molecular weight is 278 g/mol. The normalized spacial score (nSPS) is 15.9. The van der Waals surface area contributed by atoms with Crippen molar-refractivity contribution in [2.45, 2.75) is 25.9 Å². The summed E-state index contributed by atoms with van der Waals surface area (Å²) in [4.78, 5) is 1.17. The molecule has 0 radical (unpaired) electrons. The highest BCUT2D eigenvalue weighted by Gasteiger charge is 2.29. The molecule has 0 aliphatic rings. The molecule has 14 heavy (non-hydrogen) atoms. The SMILES string of the molecule is CC(C)C(O)(CN)Cc1cc(Br)cs1. The average Bonchev–Trinajstić information content (AvgIpc) is 2.50.